The Kier molecular flexibility index (Phi) is 5.16. The number of hydrogen-bond donors (Lipinski definition) is 0. The lowest BCUT2D eigenvalue weighted by Gasteiger charge is -2.09. The summed E-state index contributed by atoms with van der Waals surface area (Å²) in [4.78, 5) is 4.78. The Morgan fingerprint density at radius 3 is 2.00 bits per heavy atom. The van der Waals surface area contributed by atoms with Crippen LogP contribution in [0.4, 0.5) is 0 Å². The minimum Gasteiger partial charge on any atom is -0.256 e. The van der Waals surface area contributed by atoms with Crippen LogP contribution in [-0.2, 0) is 0 Å². The van der Waals surface area contributed by atoms with Crippen molar-refractivity contribution < 1.29 is 0 Å². The molecule has 0 saturated carbocycles. The van der Waals surface area contributed by atoms with Gasteiger partial charge in [0.05, 0.1) is 5.52 Å². The van der Waals surface area contributed by atoms with Gasteiger partial charge in [0.15, 0.2) is 0 Å². The van der Waals surface area contributed by atoms with Gasteiger partial charge in [-0.05, 0) is 85.4 Å². The third kappa shape index (κ3) is 3.91. The highest BCUT2D eigenvalue weighted by atomic mass is 127. The van der Waals surface area contributed by atoms with E-state index < -0.39 is 0 Å². The minimum atomic E-state index is 1.02. The molecule has 0 aliphatic rings. The van der Waals surface area contributed by atoms with Crippen LogP contribution in [0.2, 0.25) is 0 Å². The first-order valence-corrected chi connectivity index (χ1v) is 12.1. The molecule has 0 bridgehead atoms. The Hall–Kier alpha value is -3.50. The summed E-state index contributed by atoms with van der Waals surface area (Å²) in [5, 5.41) is 3.70. The van der Waals surface area contributed by atoms with Crippen LogP contribution in [0, 0.1) is 3.57 Å². The Morgan fingerprint density at radius 2 is 1.15 bits per heavy atom. The van der Waals surface area contributed by atoms with E-state index in [2.05, 4.69) is 138 Å². The van der Waals surface area contributed by atoms with E-state index in [0.29, 0.717) is 0 Å². The van der Waals surface area contributed by atoms with Gasteiger partial charge in [-0.15, -0.1) is 0 Å². The zero-order valence-corrected chi connectivity index (χ0v) is 20.0. The van der Waals surface area contributed by atoms with E-state index in [9.17, 15) is 0 Å². The Morgan fingerprint density at radius 1 is 0.485 bits per heavy atom. The average Bonchev–Trinajstić information content (AvgIpc) is 2.88. The van der Waals surface area contributed by atoms with Gasteiger partial charge < -0.3 is 0 Å². The average molecular weight is 533 g/mol. The maximum atomic E-state index is 4.78. The first kappa shape index (κ1) is 20.1. The molecule has 0 aliphatic heterocycles. The smallest absolute Gasteiger partial charge is 0.0708 e. The van der Waals surface area contributed by atoms with Crippen LogP contribution in [0.25, 0.3) is 55.1 Å². The SMILES string of the molecule is Ic1ccc(-c2ccc3cc(-c4ccc(-c5cccc6ccccc56)cc4)cnc3c2)cc1. The molecule has 1 aromatic heterocycles. The summed E-state index contributed by atoms with van der Waals surface area (Å²) in [6.07, 6.45) is 1.98. The molecule has 6 rings (SSSR count). The lowest BCUT2D eigenvalue weighted by molar-refractivity contribution is 1.41. The highest BCUT2D eigenvalue weighted by Gasteiger charge is 2.07. The number of fused-ring (bicyclic) bond motifs is 2. The number of rotatable bonds is 3. The minimum absolute atomic E-state index is 1.02. The third-order valence-electron chi connectivity index (χ3n) is 6.18. The monoisotopic (exact) mass is 533 g/mol. The van der Waals surface area contributed by atoms with Gasteiger partial charge in [-0.25, -0.2) is 0 Å². The lowest BCUT2D eigenvalue weighted by atomic mass is 9.96. The van der Waals surface area contributed by atoms with Crippen molar-refractivity contribution in [3.8, 4) is 33.4 Å². The maximum Gasteiger partial charge on any atom is 0.0708 e. The molecule has 2 heteroatoms. The molecule has 0 N–H and O–H groups in total. The van der Waals surface area contributed by atoms with E-state index in [1.165, 1.54) is 42.2 Å². The third-order valence-corrected chi connectivity index (χ3v) is 6.90. The van der Waals surface area contributed by atoms with Gasteiger partial charge in [0.1, 0.15) is 0 Å². The molecular formula is C31H20IN. The van der Waals surface area contributed by atoms with E-state index in [0.717, 1.165) is 16.5 Å². The van der Waals surface area contributed by atoms with Crippen LogP contribution in [0.5, 0.6) is 0 Å². The quantitative estimate of drug-likeness (QED) is 0.207. The van der Waals surface area contributed by atoms with Crippen LogP contribution in [0.1, 0.15) is 0 Å². The fraction of sp³-hybridized carbons (Fsp3) is 0. The van der Waals surface area contributed by atoms with Crippen LogP contribution in [-0.4, -0.2) is 4.98 Å². The second-order valence-corrected chi connectivity index (χ2v) is 9.49. The molecular weight excluding hydrogens is 513 g/mol. The number of hydrogen-bond acceptors (Lipinski definition) is 1. The zero-order valence-electron chi connectivity index (χ0n) is 17.9. The summed E-state index contributed by atoms with van der Waals surface area (Å²) in [6.45, 7) is 0. The number of pyridine rings is 1. The topological polar surface area (TPSA) is 12.9 Å². The maximum absolute atomic E-state index is 4.78. The Labute approximate surface area is 206 Å². The van der Waals surface area contributed by atoms with Crippen molar-refractivity contribution >= 4 is 44.3 Å². The van der Waals surface area contributed by atoms with Gasteiger partial charge in [0.2, 0.25) is 0 Å². The van der Waals surface area contributed by atoms with E-state index in [4.69, 9.17) is 4.98 Å². The van der Waals surface area contributed by atoms with Crippen LogP contribution >= 0.6 is 22.6 Å². The number of aromatic nitrogens is 1. The highest BCUT2D eigenvalue weighted by molar-refractivity contribution is 14.1. The van der Waals surface area contributed by atoms with E-state index in [1.807, 2.05) is 6.20 Å². The molecule has 0 fully saturated rings. The van der Waals surface area contributed by atoms with Gasteiger partial charge in [-0.3, -0.25) is 4.98 Å². The van der Waals surface area contributed by atoms with E-state index in [1.54, 1.807) is 0 Å². The first-order valence-electron chi connectivity index (χ1n) is 11.0. The molecule has 1 heterocycles. The molecule has 0 saturated heterocycles. The van der Waals surface area contributed by atoms with E-state index in [-0.39, 0.29) is 0 Å². The standard InChI is InChI=1S/C31H20IN/c32-28-16-14-21(15-17-28)25-12-13-26-18-27(20-33-31(26)19-25)22-8-10-24(11-9-22)30-7-3-5-23-4-1-2-6-29(23)30/h1-20H. The van der Waals surface area contributed by atoms with Gasteiger partial charge in [-0.2, -0.15) is 0 Å². The van der Waals surface area contributed by atoms with Crippen molar-refractivity contribution in [2.24, 2.45) is 0 Å². The molecule has 6 aromatic rings. The molecule has 0 aliphatic carbocycles. The summed E-state index contributed by atoms with van der Waals surface area (Å²) in [5.74, 6) is 0. The van der Waals surface area contributed by atoms with Crippen LogP contribution in [0.3, 0.4) is 0 Å². The second kappa shape index (κ2) is 8.45. The molecule has 0 atom stereocenters. The van der Waals surface area contributed by atoms with Crippen molar-refractivity contribution in [3.63, 3.8) is 0 Å². The van der Waals surface area contributed by atoms with Crippen molar-refractivity contribution in [3.05, 3.63) is 125 Å². The van der Waals surface area contributed by atoms with Crippen molar-refractivity contribution in [2.45, 2.75) is 0 Å². The number of benzene rings is 5. The summed E-state index contributed by atoms with van der Waals surface area (Å²) in [5.41, 5.74) is 8.22. The normalized spacial score (nSPS) is 11.2. The summed E-state index contributed by atoms with van der Waals surface area (Å²) < 4.78 is 1.24. The molecule has 5 aromatic carbocycles. The van der Waals surface area contributed by atoms with Crippen molar-refractivity contribution in [2.75, 3.05) is 0 Å². The Bertz CT molecular complexity index is 1590. The highest BCUT2D eigenvalue weighted by Crippen LogP contribution is 2.31. The fourth-order valence-corrected chi connectivity index (χ4v) is 4.78. The molecule has 0 radical (unpaired) electrons. The predicted octanol–water partition coefficient (Wildman–Crippen LogP) is 8.99. The van der Waals surface area contributed by atoms with Crippen LogP contribution < -0.4 is 0 Å². The largest absolute Gasteiger partial charge is 0.256 e. The molecule has 0 spiro atoms. The van der Waals surface area contributed by atoms with Gasteiger partial charge in [0.25, 0.3) is 0 Å². The summed E-state index contributed by atoms with van der Waals surface area (Å²) >= 11 is 2.34. The summed E-state index contributed by atoms with van der Waals surface area (Å²) in [6, 6.07) is 41.2. The predicted molar refractivity (Wildman–Crippen MR) is 148 cm³/mol. The van der Waals surface area contributed by atoms with Crippen molar-refractivity contribution in [1.82, 2.24) is 4.98 Å². The van der Waals surface area contributed by atoms with E-state index >= 15 is 0 Å². The van der Waals surface area contributed by atoms with Gasteiger partial charge in [0, 0.05) is 20.7 Å². The molecule has 1 nitrogen and oxygen atoms in total. The lowest BCUT2D eigenvalue weighted by Crippen LogP contribution is -1.86. The van der Waals surface area contributed by atoms with Crippen molar-refractivity contribution in [1.29, 1.82) is 0 Å². The first-order chi connectivity index (χ1) is 16.2. The zero-order chi connectivity index (χ0) is 22.2. The van der Waals surface area contributed by atoms with Crippen LogP contribution in [0.15, 0.2) is 121 Å². The second-order valence-electron chi connectivity index (χ2n) is 8.24. The molecule has 156 valence electrons. The summed E-state index contributed by atoms with van der Waals surface area (Å²) in [7, 11) is 0. The molecule has 0 unspecified atom stereocenters. The Balaban J connectivity index is 1.33. The fourth-order valence-electron chi connectivity index (χ4n) is 4.42. The van der Waals surface area contributed by atoms with Gasteiger partial charge >= 0.3 is 0 Å². The van der Waals surface area contributed by atoms with Gasteiger partial charge in [-0.1, -0.05) is 91.0 Å². The number of halogens is 1. The number of nitrogens with zero attached hydrogens (tertiary/aromatic N) is 1. The molecule has 0 amide bonds. The molecule has 33 heavy (non-hydrogen) atoms.